The normalized spacial score (nSPS) is 10.7. The zero-order valence-electron chi connectivity index (χ0n) is 18.3. The minimum atomic E-state index is -0.0194. The lowest BCUT2D eigenvalue weighted by Crippen LogP contribution is -2.22. The summed E-state index contributed by atoms with van der Waals surface area (Å²) in [6, 6.07) is 13.6. The minimum Gasteiger partial charge on any atom is -0.491 e. The molecule has 0 aliphatic rings. The number of nitrogens with zero attached hydrogens (tertiary/aromatic N) is 1. The maximum absolute atomic E-state index is 10.9. The summed E-state index contributed by atoms with van der Waals surface area (Å²) >= 11 is 1.34. The molecule has 0 saturated carbocycles. The van der Waals surface area contributed by atoms with Gasteiger partial charge in [-0.3, -0.25) is 4.79 Å². The molecule has 164 valence electrons. The molecule has 1 amide bonds. The van der Waals surface area contributed by atoms with Crippen molar-refractivity contribution in [3.05, 3.63) is 59.8 Å². The van der Waals surface area contributed by atoms with E-state index in [0.29, 0.717) is 16.8 Å². The molecule has 6 nitrogen and oxygen atoms in total. The predicted molar refractivity (Wildman–Crippen MR) is 123 cm³/mol. The van der Waals surface area contributed by atoms with Crippen LogP contribution in [0, 0.1) is 0 Å². The van der Waals surface area contributed by atoms with Crippen LogP contribution in [-0.2, 0) is 17.6 Å². The number of rotatable bonds is 10. The quantitative estimate of drug-likeness (QED) is 0.434. The van der Waals surface area contributed by atoms with E-state index in [4.69, 9.17) is 14.2 Å². The monoisotopic (exact) mass is 440 g/mol. The molecule has 1 heterocycles. The number of hydrogen-bond acceptors (Lipinski definition) is 6. The van der Waals surface area contributed by atoms with Crippen molar-refractivity contribution in [3.8, 4) is 27.5 Å². The van der Waals surface area contributed by atoms with Crippen LogP contribution in [-0.4, -0.2) is 23.5 Å². The van der Waals surface area contributed by atoms with E-state index in [2.05, 4.69) is 17.2 Å². The maximum atomic E-state index is 10.9. The molecule has 0 bridgehead atoms. The van der Waals surface area contributed by atoms with Crippen molar-refractivity contribution in [1.82, 2.24) is 10.3 Å². The molecule has 0 unspecified atom stereocenters. The van der Waals surface area contributed by atoms with Gasteiger partial charge in [0.05, 0.1) is 12.3 Å². The third-order valence-corrected chi connectivity index (χ3v) is 5.13. The van der Waals surface area contributed by atoms with Gasteiger partial charge in [-0.25, -0.2) is 4.98 Å². The van der Waals surface area contributed by atoms with Crippen LogP contribution in [0.3, 0.4) is 0 Å². The van der Waals surface area contributed by atoms with Crippen molar-refractivity contribution in [3.63, 3.8) is 0 Å². The van der Waals surface area contributed by atoms with Crippen LogP contribution in [0.4, 0.5) is 0 Å². The highest BCUT2D eigenvalue weighted by atomic mass is 32.1. The lowest BCUT2D eigenvalue weighted by molar-refractivity contribution is -0.118. The Labute approximate surface area is 187 Å². The molecule has 31 heavy (non-hydrogen) atoms. The fourth-order valence-electron chi connectivity index (χ4n) is 2.93. The molecular formula is C24H28N2O4S. The van der Waals surface area contributed by atoms with Gasteiger partial charge in [-0.05, 0) is 79.5 Å². The number of hydrogen-bond donors (Lipinski definition) is 1. The molecule has 1 aromatic heterocycles. The van der Waals surface area contributed by atoms with Crippen LogP contribution in [0.1, 0.15) is 38.8 Å². The van der Waals surface area contributed by atoms with Gasteiger partial charge in [-0.1, -0.05) is 19.1 Å². The molecule has 0 atom stereocenters. The van der Waals surface area contributed by atoms with E-state index in [9.17, 15) is 4.79 Å². The van der Waals surface area contributed by atoms with E-state index in [-0.39, 0.29) is 12.0 Å². The largest absolute Gasteiger partial charge is 0.491 e. The molecule has 3 aromatic rings. The Morgan fingerprint density at radius 3 is 2.52 bits per heavy atom. The summed E-state index contributed by atoms with van der Waals surface area (Å²) in [7, 11) is 0. The Kier molecular flexibility index (Phi) is 7.89. The SMILES string of the molecule is CCc1cc(OC(C)C)ccc1Oc1ncc(Oc2ccc(CCNC(C)=O)cc2)s1. The molecule has 2 aromatic carbocycles. The molecule has 0 spiro atoms. The number of aryl methyl sites for hydroxylation is 1. The fourth-order valence-corrected chi connectivity index (χ4v) is 3.59. The number of aromatic nitrogens is 1. The van der Waals surface area contributed by atoms with Crippen LogP contribution in [0.15, 0.2) is 48.7 Å². The van der Waals surface area contributed by atoms with Gasteiger partial charge in [0, 0.05) is 13.5 Å². The number of nitrogens with one attached hydrogen (secondary N) is 1. The van der Waals surface area contributed by atoms with Crippen LogP contribution in [0.2, 0.25) is 0 Å². The highest BCUT2D eigenvalue weighted by Gasteiger charge is 2.11. The summed E-state index contributed by atoms with van der Waals surface area (Å²) in [4.78, 5) is 15.3. The average molecular weight is 441 g/mol. The summed E-state index contributed by atoms with van der Waals surface area (Å²) in [6.07, 6.45) is 3.39. The number of thiazole rings is 1. The summed E-state index contributed by atoms with van der Waals surface area (Å²) in [5.41, 5.74) is 2.19. The number of carbonyl (C=O) groups is 1. The van der Waals surface area contributed by atoms with Crippen molar-refractivity contribution < 1.29 is 19.0 Å². The molecule has 0 radical (unpaired) electrons. The fraction of sp³-hybridized carbons (Fsp3) is 0.333. The summed E-state index contributed by atoms with van der Waals surface area (Å²) < 4.78 is 17.7. The average Bonchev–Trinajstić information content (AvgIpc) is 3.16. The first kappa shape index (κ1) is 22.6. The number of benzene rings is 2. The van der Waals surface area contributed by atoms with Crippen LogP contribution >= 0.6 is 11.3 Å². The summed E-state index contributed by atoms with van der Waals surface area (Å²) in [6.45, 7) is 8.23. The number of amides is 1. The summed E-state index contributed by atoms with van der Waals surface area (Å²) in [5, 5.41) is 3.97. The lowest BCUT2D eigenvalue weighted by Gasteiger charge is -2.13. The second-order valence-corrected chi connectivity index (χ2v) is 8.27. The Hall–Kier alpha value is -3.06. The van der Waals surface area contributed by atoms with Gasteiger partial charge in [-0.2, -0.15) is 0 Å². The van der Waals surface area contributed by atoms with Crippen LogP contribution < -0.4 is 19.5 Å². The molecule has 0 saturated heterocycles. The Morgan fingerprint density at radius 2 is 1.84 bits per heavy atom. The van der Waals surface area contributed by atoms with Gasteiger partial charge in [0.25, 0.3) is 5.19 Å². The second-order valence-electron chi connectivity index (χ2n) is 7.32. The van der Waals surface area contributed by atoms with Crippen LogP contribution in [0.25, 0.3) is 0 Å². The Morgan fingerprint density at radius 1 is 1.10 bits per heavy atom. The molecular weight excluding hydrogens is 412 g/mol. The molecule has 1 N–H and O–H groups in total. The number of carbonyl (C=O) groups excluding carboxylic acids is 1. The highest BCUT2D eigenvalue weighted by Crippen LogP contribution is 2.36. The molecule has 3 rings (SSSR count). The van der Waals surface area contributed by atoms with Gasteiger partial charge in [-0.15, -0.1) is 0 Å². The zero-order chi connectivity index (χ0) is 22.2. The van der Waals surface area contributed by atoms with E-state index in [1.165, 1.54) is 18.3 Å². The van der Waals surface area contributed by atoms with Crippen molar-refractivity contribution in [2.45, 2.75) is 46.6 Å². The van der Waals surface area contributed by atoms with E-state index < -0.39 is 0 Å². The zero-order valence-corrected chi connectivity index (χ0v) is 19.1. The summed E-state index contributed by atoms with van der Waals surface area (Å²) in [5.74, 6) is 2.31. The first-order valence-corrected chi connectivity index (χ1v) is 11.2. The molecule has 0 aliphatic carbocycles. The Bertz CT molecular complexity index is 999. The van der Waals surface area contributed by atoms with E-state index in [0.717, 1.165) is 41.2 Å². The topological polar surface area (TPSA) is 69.7 Å². The standard InChI is InChI=1S/C24H28N2O4S/c1-5-19-14-21(28-16(2)3)10-11-22(19)30-24-26-15-23(31-24)29-20-8-6-18(7-9-20)12-13-25-17(4)27/h6-11,14-16H,5,12-13H2,1-4H3,(H,25,27). The lowest BCUT2D eigenvalue weighted by atomic mass is 10.1. The third-order valence-electron chi connectivity index (χ3n) is 4.37. The van der Waals surface area contributed by atoms with Crippen molar-refractivity contribution in [2.75, 3.05) is 6.54 Å². The van der Waals surface area contributed by atoms with E-state index in [1.807, 2.05) is 56.3 Å². The van der Waals surface area contributed by atoms with E-state index >= 15 is 0 Å². The molecule has 7 heteroatoms. The highest BCUT2D eigenvalue weighted by molar-refractivity contribution is 7.15. The minimum absolute atomic E-state index is 0.0194. The Balaban J connectivity index is 1.60. The van der Waals surface area contributed by atoms with Crippen molar-refractivity contribution >= 4 is 17.2 Å². The van der Waals surface area contributed by atoms with Gasteiger partial charge in [0.1, 0.15) is 17.2 Å². The predicted octanol–water partition coefficient (Wildman–Crippen LogP) is 5.76. The first-order chi connectivity index (χ1) is 14.9. The van der Waals surface area contributed by atoms with Gasteiger partial charge in [0.2, 0.25) is 11.0 Å². The first-order valence-electron chi connectivity index (χ1n) is 10.4. The molecule has 0 fully saturated rings. The van der Waals surface area contributed by atoms with Gasteiger partial charge < -0.3 is 19.5 Å². The number of ether oxygens (including phenoxy) is 3. The van der Waals surface area contributed by atoms with Crippen LogP contribution in [0.5, 0.6) is 27.5 Å². The molecule has 0 aliphatic heterocycles. The second kappa shape index (κ2) is 10.8. The third kappa shape index (κ3) is 7.00. The van der Waals surface area contributed by atoms with Crippen molar-refractivity contribution in [2.24, 2.45) is 0 Å². The maximum Gasteiger partial charge on any atom is 0.282 e. The smallest absolute Gasteiger partial charge is 0.282 e. The van der Waals surface area contributed by atoms with Crippen molar-refractivity contribution in [1.29, 1.82) is 0 Å². The van der Waals surface area contributed by atoms with Gasteiger partial charge in [0.15, 0.2) is 0 Å². The van der Waals surface area contributed by atoms with Gasteiger partial charge >= 0.3 is 0 Å². The van der Waals surface area contributed by atoms with E-state index in [1.54, 1.807) is 6.20 Å².